The molecule has 2 aliphatic heterocycles. The largest absolute Gasteiger partial charge is 0.493 e. The van der Waals surface area contributed by atoms with E-state index in [1.54, 1.807) is 35.2 Å². The van der Waals surface area contributed by atoms with Crippen molar-refractivity contribution in [3.63, 3.8) is 0 Å². The number of anilines is 1. The van der Waals surface area contributed by atoms with E-state index < -0.39 is 16.1 Å². The Morgan fingerprint density at radius 2 is 1.77 bits per heavy atom. The number of imide groups is 1. The van der Waals surface area contributed by atoms with Gasteiger partial charge in [-0.2, -0.15) is 0 Å². The first-order valence-electron chi connectivity index (χ1n) is 13.3. The summed E-state index contributed by atoms with van der Waals surface area (Å²) >= 11 is 4.26. The van der Waals surface area contributed by atoms with Crippen molar-refractivity contribution in [1.82, 2.24) is 9.80 Å². The lowest BCUT2D eigenvalue weighted by Gasteiger charge is -2.36. The number of carbonyl (C=O) groups is 3. The molecular weight excluding hydrogens is 640 g/mol. The van der Waals surface area contributed by atoms with Crippen LogP contribution in [0.15, 0.2) is 76.1 Å². The summed E-state index contributed by atoms with van der Waals surface area (Å²) in [5.41, 5.74) is 2.23. The topological polar surface area (TPSA) is 123 Å². The van der Waals surface area contributed by atoms with Crippen LogP contribution in [0.1, 0.15) is 11.1 Å². The Kier molecular flexibility index (Phi) is 9.31. The zero-order valence-electron chi connectivity index (χ0n) is 23.1. The van der Waals surface area contributed by atoms with E-state index in [9.17, 15) is 24.5 Å². The number of para-hydroxylation sites is 1. The van der Waals surface area contributed by atoms with Crippen molar-refractivity contribution < 1.29 is 28.8 Å². The van der Waals surface area contributed by atoms with Gasteiger partial charge in [0.1, 0.15) is 13.2 Å². The zero-order chi connectivity index (χ0) is 30.5. The van der Waals surface area contributed by atoms with Gasteiger partial charge in [0.2, 0.25) is 5.91 Å². The molecular formula is C30H27BrN4O7S. The summed E-state index contributed by atoms with van der Waals surface area (Å²) in [4.78, 5) is 54.5. The van der Waals surface area contributed by atoms with Gasteiger partial charge in [-0.15, -0.1) is 0 Å². The van der Waals surface area contributed by atoms with Crippen LogP contribution in [0.5, 0.6) is 11.5 Å². The molecule has 0 bridgehead atoms. The van der Waals surface area contributed by atoms with E-state index in [1.165, 1.54) is 19.2 Å². The average molecular weight is 668 g/mol. The number of hydrogen-bond donors (Lipinski definition) is 0. The molecule has 2 saturated heterocycles. The average Bonchev–Trinajstić information content (AvgIpc) is 3.28. The molecule has 2 fully saturated rings. The van der Waals surface area contributed by atoms with E-state index in [2.05, 4.69) is 20.8 Å². The number of nitro benzene ring substituents is 1. The molecule has 0 aromatic heterocycles. The van der Waals surface area contributed by atoms with Crippen molar-refractivity contribution in [3.05, 3.63) is 97.3 Å². The first-order valence-corrected chi connectivity index (χ1v) is 14.9. The minimum absolute atomic E-state index is 0.0362. The second-order valence-corrected chi connectivity index (χ2v) is 11.6. The Hall–Kier alpha value is -4.36. The number of piperazine rings is 1. The highest BCUT2D eigenvalue weighted by molar-refractivity contribution is 9.10. The Morgan fingerprint density at radius 3 is 2.47 bits per heavy atom. The van der Waals surface area contributed by atoms with Crippen LogP contribution in [0.25, 0.3) is 6.08 Å². The first-order chi connectivity index (χ1) is 20.7. The lowest BCUT2D eigenvalue weighted by Crippen LogP contribution is -2.51. The quantitative estimate of drug-likeness (QED) is 0.169. The van der Waals surface area contributed by atoms with Gasteiger partial charge in [-0.05, 0) is 53.2 Å². The summed E-state index contributed by atoms with van der Waals surface area (Å²) in [5, 5.41) is 10.6. The lowest BCUT2D eigenvalue weighted by atomic mass is 10.1. The Labute approximate surface area is 260 Å². The van der Waals surface area contributed by atoms with E-state index in [1.807, 2.05) is 30.3 Å². The second-order valence-electron chi connectivity index (χ2n) is 9.71. The maximum absolute atomic E-state index is 13.2. The maximum atomic E-state index is 13.2. The van der Waals surface area contributed by atoms with Crippen molar-refractivity contribution in [1.29, 1.82) is 0 Å². The molecule has 0 aliphatic carbocycles. The fraction of sp³-hybridized carbons (Fsp3) is 0.233. The summed E-state index contributed by atoms with van der Waals surface area (Å²) in [5.74, 6) is -0.0690. The number of carbonyl (C=O) groups excluding carboxylic acids is 3. The van der Waals surface area contributed by atoms with E-state index in [-0.39, 0.29) is 29.7 Å². The van der Waals surface area contributed by atoms with E-state index in [0.29, 0.717) is 53.3 Å². The van der Waals surface area contributed by atoms with Gasteiger partial charge in [-0.25, -0.2) is 0 Å². The summed E-state index contributed by atoms with van der Waals surface area (Å²) in [7, 11) is 1.46. The SMILES string of the molecule is COc1cc(/C=C2/SC(=O)N(CC(=O)N3CCN(c4ccccc4)CC3)C2=O)c(Br)cc1OCc1cccc([N+](=O)[O-])c1. The molecule has 0 radical (unpaired) electrons. The van der Waals surface area contributed by atoms with E-state index in [0.717, 1.165) is 22.3 Å². The minimum Gasteiger partial charge on any atom is -0.493 e. The summed E-state index contributed by atoms with van der Waals surface area (Å²) in [6, 6.07) is 19.4. The van der Waals surface area contributed by atoms with Crippen LogP contribution in [0, 0.1) is 10.1 Å². The third-order valence-electron chi connectivity index (χ3n) is 7.01. The van der Waals surface area contributed by atoms with Crippen molar-refractivity contribution in [2.45, 2.75) is 6.61 Å². The zero-order valence-corrected chi connectivity index (χ0v) is 25.5. The van der Waals surface area contributed by atoms with Gasteiger partial charge in [0.05, 0.1) is 16.9 Å². The Bertz CT molecular complexity index is 1590. The maximum Gasteiger partial charge on any atom is 0.294 e. The normalized spacial score (nSPS) is 16.1. The molecule has 5 rings (SSSR count). The number of nitrogens with zero attached hydrogens (tertiary/aromatic N) is 4. The van der Waals surface area contributed by atoms with Gasteiger partial charge >= 0.3 is 0 Å². The van der Waals surface area contributed by atoms with Gasteiger partial charge in [-0.1, -0.05) is 46.3 Å². The fourth-order valence-corrected chi connectivity index (χ4v) is 5.99. The molecule has 0 atom stereocenters. The molecule has 13 heteroatoms. The Morgan fingerprint density at radius 1 is 1.02 bits per heavy atom. The minimum atomic E-state index is -0.539. The summed E-state index contributed by atoms with van der Waals surface area (Å²) < 4.78 is 11.9. The third-order valence-corrected chi connectivity index (χ3v) is 8.60. The van der Waals surface area contributed by atoms with Crippen LogP contribution in [-0.4, -0.2) is 71.6 Å². The predicted molar refractivity (Wildman–Crippen MR) is 166 cm³/mol. The van der Waals surface area contributed by atoms with Crippen LogP contribution in [0.3, 0.4) is 0 Å². The van der Waals surface area contributed by atoms with Crippen molar-refractivity contribution in [3.8, 4) is 11.5 Å². The van der Waals surface area contributed by atoms with Gasteiger partial charge in [0.25, 0.3) is 16.8 Å². The molecule has 2 aliphatic rings. The number of non-ortho nitro benzene ring substituents is 1. The number of benzene rings is 3. The van der Waals surface area contributed by atoms with E-state index in [4.69, 9.17) is 9.47 Å². The molecule has 43 heavy (non-hydrogen) atoms. The molecule has 0 unspecified atom stereocenters. The number of nitro groups is 1. The number of ether oxygens (including phenoxy) is 2. The standard InChI is InChI=1S/C30H27BrN4O7S/c1-41-25-15-21(24(31)17-26(25)42-19-20-6-5-9-23(14-20)35(39)40)16-27-29(37)34(30(38)43-27)18-28(36)33-12-10-32(11-13-33)22-7-3-2-4-8-22/h2-9,14-17H,10-13,18-19H2,1H3/b27-16+. The summed E-state index contributed by atoms with van der Waals surface area (Å²) in [6.07, 6.45) is 1.56. The molecule has 11 nitrogen and oxygen atoms in total. The van der Waals surface area contributed by atoms with Crippen molar-refractivity contribution in [2.24, 2.45) is 0 Å². The highest BCUT2D eigenvalue weighted by Gasteiger charge is 2.37. The Balaban J connectivity index is 1.23. The number of amides is 3. The lowest BCUT2D eigenvalue weighted by molar-refractivity contribution is -0.384. The van der Waals surface area contributed by atoms with Gasteiger partial charge in [0.15, 0.2) is 11.5 Å². The van der Waals surface area contributed by atoms with Gasteiger partial charge in [0, 0.05) is 48.5 Å². The van der Waals surface area contributed by atoms with Crippen molar-refractivity contribution in [2.75, 3.05) is 44.7 Å². The summed E-state index contributed by atoms with van der Waals surface area (Å²) in [6.45, 7) is 2.08. The first kappa shape index (κ1) is 30.1. The second kappa shape index (κ2) is 13.3. The molecule has 0 N–H and O–H groups in total. The number of rotatable bonds is 9. The highest BCUT2D eigenvalue weighted by atomic mass is 79.9. The van der Waals surface area contributed by atoms with Crippen LogP contribution >= 0.6 is 27.7 Å². The molecule has 3 aromatic rings. The molecule has 3 aromatic carbocycles. The predicted octanol–water partition coefficient (Wildman–Crippen LogP) is 5.33. The highest BCUT2D eigenvalue weighted by Crippen LogP contribution is 2.38. The number of methoxy groups -OCH3 is 1. The van der Waals surface area contributed by atoms with Gasteiger partial charge < -0.3 is 19.3 Å². The molecule has 0 saturated carbocycles. The van der Waals surface area contributed by atoms with E-state index >= 15 is 0 Å². The number of thioether (sulfide) groups is 1. The van der Waals surface area contributed by atoms with Gasteiger partial charge in [-0.3, -0.25) is 29.4 Å². The smallest absolute Gasteiger partial charge is 0.294 e. The molecule has 222 valence electrons. The number of hydrogen-bond acceptors (Lipinski definition) is 9. The fourth-order valence-electron chi connectivity index (χ4n) is 4.72. The van der Waals surface area contributed by atoms with Crippen LogP contribution < -0.4 is 14.4 Å². The third kappa shape index (κ3) is 7.00. The van der Waals surface area contributed by atoms with Crippen molar-refractivity contribution >= 4 is 62.2 Å². The molecule has 0 spiro atoms. The molecule has 3 amide bonds. The number of halogens is 1. The van der Waals surface area contributed by atoms with Crippen LogP contribution in [0.2, 0.25) is 0 Å². The van der Waals surface area contributed by atoms with Crippen LogP contribution in [-0.2, 0) is 16.2 Å². The van der Waals surface area contributed by atoms with Crippen LogP contribution in [0.4, 0.5) is 16.2 Å². The molecule has 2 heterocycles. The monoisotopic (exact) mass is 666 g/mol.